The van der Waals surface area contributed by atoms with Crippen LogP contribution in [0.15, 0.2) is 18.2 Å². The first kappa shape index (κ1) is 16.8. The van der Waals surface area contributed by atoms with Crippen LogP contribution in [-0.2, 0) is 4.79 Å². The van der Waals surface area contributed by atoms with Gasteiger partial charge in [-0.05, 0) is 32.0 Å². The van der Waals surface area contributed by atoms with Crippen LogP contribution < -0.4 is 11.1 Å². The number of urea groups is 1. The summed E-state index contributed by atoms with van der Waals surface area (Å²) >= 11 is 5.92. The van der Waals surface area contributed by atoms with Crippen molar-refractivity contribution in [3.63, 3.8) is 0 Å². The number of hydrogen-bond donors (Lipinski definition) is 3. The highest BCUT2D eigenvalue weighted by Gasteiger charge is 2.20. The lowest BCUT2D eigenvalue weighted by molar-refractivity contribution is -0.118. The molecule has 0 aromatic heterocycles. The number of rotatable bonds is 5. The Morgan fingerprint density at radius 2 is 2.00 bits per heavy atom. The lowest BCUT2D eigenvalue weighted by Gasteiger charge is -2.25. The average molecular weight is 314 g/mol. The van der Waals surface area contributed by atoms with Crippen molar-refractivity contribution >= 4 is 35.2 Å². The molecule has 4 N–H and O–H groups in total. The van der Waals surface area contributed by atoms with Crippen LogP contribution in [-0.4, -0.2) is 40.5 Å². The highest BCUT2D eigenvalue weighted by atomic mass is 35.5. The van der Waals surface area contributed by atoms with Gasteiger partial charge in [-0.25, -0.2) is 9.59 Å². The number of halogens is 1. The van der Waals surface area contributed by atoms with Crippen LogP contribution >= 0.6 is 11.6 Å². The Labute approximate surface area is 126 Å². The lowest BCUT2D eigenvalue weighted by Crippen LogP contribution is -2.45. The standard InChI is InChI=1S/C13H16ClN3O4/c1-7(2)17(6-11(15)18)13(21)16-10-4-3-8(12(19)20)5-9(10)14/h3-5,7H,6H2,1-2H3,(H2,15,18)(H,16,21)(H,19,20). The number of carboxylic acid groups (broad SMARTS) is 1. The highest BCUT2D eigenvalue weighted by molar-refractivity contribution is 6.34. The van der Waals surface area contributed by atoms with Crippen LogP contribution in [0.4, 0.5) is 10.5 Å². The van der Waals surface area contributed by atoms with Gasteiger partial charge in [0.25, 0.3) is 0 Å². The molecule has 0 saturated heterocycles. The van der Waals surface area contributed by atoms with Crippen molar-refractivity contribution in [2.24, 2.45) is 5.73 Å². The van der Waals surface area contributed by atoms with Gasteiger partial charge in [0.2, 0.25) is 5.91 Å². The Morgan fingerprint density at radius 3 is 2.43 bits per heavy atom. The number of nitrogens with zero attached hydrogens (tertiary/aromatic N) is 1. The number of amides is 3. The van der Waals surface area contributed by atoms with Crippen LogP contribution in [0.3, 0.4) is 0 Å². The molecule has 0 unspecified atom stereocenters. The molecule has 3 amide bonds. The molecule has 0 bridgehead atoms. The van der Waals surface area contributed by atoms with Crippen LogP contribution in [0.5, 0.6) is 0 Å². The zero-order valence-electron chi connectivity index (χ0n) is 11.6. The number of carbonyl (C=O) groups is 3. The maximum Gasteiger partial charge on any atom is 0.335 e. The number of carbonyl (C=O) groups excluding carboxylic acids is 2. The van der Waals surface area contributed by atoms with Gasteiger partial charge in [-0.15, -0.1) is 0 Å². The first-order valence-electron chi connectivity index (χ1n) is 6.11. The maximum absolute atomic E-state index is 12.1. The maximum atomic E-state index is 12.1. The summed E-state index contributed by atoms with van der Waals surface area (Å²) in [4.78, 5) is 35.1. The number of carboxylic acids is 1. The predicted octanol–water partition coefficient (Wildman–Crippen LogP) is 1.77. The summed E-state index contributed by atoms with van der Waals surface area (Å²) in [6, 6.07) is 3.14. The average Bonchev–Trinajstić information content (AvgIpc) is 2.37. The molecule has 0 atom stereocenters. The van der Waals surface area contributed by atoms with Crippen molar-refractivity contribution in [1.29, 1.82) is 0 Å². The quantitative estimate of drug-likeness (QED) is 0.768. The zero-order valence-corrected chi connectivity index (χ0v) is 12.3. The van der Waals surface area contributed by atoms with E-state index in [9.17, 15) is 14.4 Å². The van der Waals surface area contributed by atoms with E-state index < -0.39 is 17.9 Å². The molecule has 8 heteroatoms. The van der Waals surface area contributed by atoms with E-state index in [4.69, 9.17) is 22.4 Å². The number of anilines is 1. The van der Waals surface area contributed by atoms with E-state index >= 15 is 0 Å². The van der Waals surface area contributed by atoms with Gasteiger partial charge in [-0.3, -0.25) is 4.79 Å². The normalized spacial score (nSPS) is 10.3. The van der Waals surface area contributed by atoms with E-state index in [1.165, 1.54) is 23.1 Å². The number of hydrogen-bond acceptors (Lipinski definition) is 3. The minimum atomic E-state index is -1.12. The Morgan fingerprint density at radius 1 is 1.38 bits per heavy atom. The second-order valence-corrected chi connectivity index (χ2v) is 5.03. The Kier molecular flexibility index (Phi) is 5.54. The van der Waals surface area contributed by atoms with E-state index in [-0.39, 0.29) is 28.9 Å². The van der Waals surface area contributed by atoms with Crippen molar-refractivity contribution in [2.75, 3.05) is 11.9 Å². The Bertz CT molecular complexity index is 575. The Balaban J connectivity index is 2.91. The number of nitrogens with two attached hydrogens (primary N) is 1. The van der Waals surface area contributed by atoms with Crippen LogP contribution in [0.25, 0.3) is 0 Å². The first-order chi connectivity index (χ1) is 9.72. The van der Waals surface area contributed by atoms with Gasteiger partial charge < -0.3 is 21.1 Å². The minimum Gasteiger partial charge on any atom is -0.478 e. The molecular formula is C13H16ClN3O4. The Hall–Kier alpha value is -2.28. The highest BCUT2D eigenvalue weighted by Crippen LogP contribution is 2.23. The molecule has 114 valence electrons. The number of nitrogens with one attached hydrogen (secondary N) is 1. The van der Waals surface area contributed by atoms with Gasteiger partial charge in [-0.1, -0.05) is 11.6 Å². The van der Waals surface area contributed by atoms with Crippen LogP contribution in [0, 0.1) is 0 Å². The zero-order chi connectivity index (χ0) is 16.2. The van der Waals surface area contributed by atoms with E-state index in [1.807, 2.05) is 0 Å². The molecule has 0 aliphatic carbocycles. The SMILES string of the molecule is CC(C)N(CC(N)=O)C(=O)Nc1ccc(C(=O)O)cc1Cl. The van der Waals surface area contributed by atoms with Gasteiger partial charge in [0.15, 0.2) is 0 Å². The van der Waals surface area contributed by atoms with Crippen LogP contribution in [0.1, 0.15) is 24.2 Å². The smallest absolute Gasteiger partial charge is 0.335 e. The molecular weight excluding hydrogens is 298 g/mol. The third kappa shape index (κ3) is 4.64. The fraction of sp³-hybridized carbons (Fsp3) is 0.308. The fourth-order valence-electron chi connectivity index (χ4n) is 1.59. The van der Waals surface area contributed by atoms with Gasteiger partial charge in [0, 0.05) is 6.04 Å². The summed E-state index contributed by atoms with van der Waals surface area (Å²) in [6.45, 7) is 3.24. The molecule has 21 heavy (non-hydrogen) atoms. The summed E-state index contributed by atoms with van der Waals surface area (Å²) in [6.07, 6.45) is 0. The molecule has 1 aromatic rings. The molecule has 0 radical (unpaired) electrons. The predicted molar refractivity (Wildman–Crippen MR) is 78.5 cm³/mol. The second-order valence-electron chi connectivity index (χ2n) is 4.62. The summed E-state index contributed by atoms with van der Waals surface area (Å²) < 4.78 is 0. The first-order valence-corrected chi connectivity index (χ1v) is 6.49. The molecule has 0 aliphatic rings. The minimum absolute atomic E-state index is 0.0100. The van der Waals surface area contributed by atoms with Crippen molar-refractivity contribution < 1.29 is 19.5 Å². The summed E-state index contributed by atoms with van der Waals surface area (Å²) in [7, 11) is 0. The van der Waals surface area contributed by atoms with Crippen LogP contribution in [0.2, 0.25) is 5.02 Å². The summed E-state index contributed by atoms with van der Waals surface area (Å²) in [5, 5.41) is 11.4. The van der Waals surface area contributed by atoms with Gasteiger partial charge in [0.05, 0.1) is 16.3 Å². The van der Waals surface area contributed by atoms with E-state index in [0.717, 1.165) is 0 Å². The van der Waals surface area contributed by atoms with Crippen molar-refractivity contribution in [3.8, 4) is 0 Å². The van der Waals surface area contributed by atoms with Crippen molar-refractivity contribution in [2.45, 2.75) is 19.9 Å². The third-order valence-electron chi connectivity index (χ3n) is 2.67. The summed E-state index contributed by atoms with van der Waals surface area (Å²) in [5.74, 6) is -1.75. The van der Waals surface area contributed by atoms with Gasteiger partial charge >= 0.3 is 12.0 Å². The molecule has 1 aromatic carbocycles. The molecule has 0 aliphatic heterocycles. The molecule has 0 heterocycles. The molecule has 1 rings (SSSR count). The van der Waals surface area contributed by atoms with Crippen molar-refractivity contribution in [1.82, 2.24) is 4.90 Å². The fourth-order valence-corrected chi connectivity index (χ4v) is 1.82. The van der Waals surface area contributed by atoms with Crippen molar-refractivity contribution in [3.05, 3.63) is 28.8 Å². The largest absolute Gasteiger partial charge is 0.478 e. The van der Waals surface area contributed by atoms with E-state index in [0.29, 0.717) is 0 Å². The topological polar surface area (TPSA) is 113 Å². The molecule has 0 fully saturated rings. The second kappa shape index (κ2) is 6.94. The molecule has 7 nitrogen and oxygen atoms in total. The number of benzene rings is 1. The van der Waals surface area contributed by atoms with E-state index in [2.05, 4.69) is 5.32 Å². The van der Waals surface area contributed by atoms with E-state index in [1.54, 1.807) is 13.8 Å². The van der Waals surface area contributed by atoms with Gasteiger partial charge in [0.1, 0.15) is 6.54 Å². The third-order valence-corrected chi connectivity index (χ3v) is 2.98. The number of primary amides is 1. The summed E-state index contributed by atoms with van der Waals surface area (Å²) in [5.41, 5.74) is 5.36. The monoisotopic (exact) mass is 313 g/mol. The molecule has 0 saturated carbocycles. The van der Waals surface area contributed by atoms with Gasteiger partial charge in [-0.2, -0.15) is 0 Å². The number of aromatic carboxylic acids is 1. The lowest BCUT2D eigenvalue weighted by atomic mass is 10.2. The molecule has 0 spiro atoms.